The predicted octanol–water partition coefficient (Wildman–Crippen LogP) is 15.2. The van der Waals surface area contributed by atoms with E-state index < -0.39 is 0 Å². The molecule has 262 valence electrons. The van der Waals surface area contributed by atoms with Gasteiger partial charge in [0.15, 0.2) is 0 Å². The number of anilines is 3. The van der Waals surface area contributed by atoms with Crippen molar-refractivity contribution in [2.45, 2.75) is 0 Å². The Bertz CT molecular complexity index is 3330. The van der Waals surface area contributed by atoms with E-state index in [1.54, 1.807) is 0 Å². The van der Waals surface area contributed by atoms with Gasteiger partial charge in [0.2, 0.25) is 0 Å². The van der Waals surface area contributed by atoms with E-state index in [2.05, 4.69) is 198 Å². The van der Waals surface area contributed by atoms with Crippen LogP contribution in [0.5, 0.6) is 0 Å². The summed E-state index contributed by atoms with van der Waals surface area (Å²) in [6.07, 6.45) is 0. The van der Waals surface area contributed by atoms with E-state index in [0.717, 1.165) is 45.2 Å². The number of imidazole rings is 1. The first-order valence-electron chi connectivity index (χ1n) is 18.9. The standard InChI is InChI=1S/C51H31N3S2/c1-2-12-35(13-3-1)54-46-17-9-8-16-45(46)52-51(54)34-18-22-36(23-19-34)53(37-24-28-41-43-26-20-32-10-4-6-14-39(32)49(43)55-47(41)30-37)38-25-29-42-44-27-21-33-11-5-7-15-40(33)50(44)56-48(42)31-38/h1-31H. The fourth-order valence-electron chi connectivity index (χ4n) is 8.53. The summed E-state index contributed by atoms with van der Waals surface area (Å²) in [6, 6.07) is 68.3. The third kappa shape index (κ3) is 4.85. The first-order valence-corrected chi connectivity index (χ1v) is 20.5. The van der Waals surface area contributed by atoms with Crippen molar-refractivity contribution < 1.29 is 0 Å². The molecule has 3 aromatic heterocycles. The second kappa shape index (κ2) is 12.4. The van der Waals surface area contributed by atoms with Gasteiger partial charge in [-0.3, -0.25) is 4.57 Å². The highest BCUT2D eigenvalue weighted by Gasteiger charge is 2.19. The SMILES string of the molecule is c1ccc(-n2c(-c3ccc(N(c4ccc5c(c4)sc4c6ccccc6ccc54)c4ccc5c(c4)sc4c6ccccc6ccc54)cc3)nc3ccccc32)cc1. The molecule has 0 spiro atoms. The van der Waals surface area contributed by atoms with Crippen molar-refractivity contribution in [3.8, 4) is 17.1 Å². The van der Waals surface area contributed by atoms with Gasteiger partial charge in [-0.15, -0.1) is 22.7 Å². The molecule has 0 aliphatic heterocycles. The van der Waals surface area contributed by atoms with Gasteiger partial charge in [0.1, 0.15) is 5.82 Å². The number of rotatable bonds is 5. The lowest BCUT2D eigenvalue weighted by Gasteiger charge is -2.26. The van der Waals surface area contributed by atoms with Crippen molar-refractivity contribution in [1.82, 2.24) is 9.55 Å². The minimum atomic E-state index is 0.924. The molecule has 0 unspecified atom stereocenters. The Morgan fingerprint density at radius 1 is 0.411 bits per heavy atom. The summed E-state index contributed by atoms with van der Waals surface area (Å²) in [5.41, 5.74) is 7.57. The molecule has 0 aliphatic rings. The van der Waals surface area contributed by atoms with E-state index in [4.69, 9.17) is 4.98 Å². The lowest BCUT2D eigenvalue weighted by molar-refractivity contribution is 1.10. The largest absolute Gasteiger partial charge is 0.310 e. The average Bonchev–Trinajstić information content (AvgIpc) is 3.96. The normalized spacial score (nSPS) is 11.9. The fraction of sp³-hybridized carbons (Fsp3) is 0. The molecule has 56 heavy (non-hydrogen) atoms. The molecule has 0 saturated carbocycles. The monoisotopic (exact) mass is 749 g/mol. The van der Waals surface area contributed by atoms with Crippen LogP contribution in [0.3, 0.4) is 0 Å². The van der Waals surface area contributed by atoms with Gasteiger partial charge in [0.05, 0.1) is 11.0 Å². The van der Waals surface area contributed by atoms with Gasteiger partial charge in [0, 0.05) is 68.7 Å². The molecule has 0 N–H and O–H groups in total. The van der Waals surface area contributed by atoms with Crippen LogP contribution in [0.2, 0.25) is 0 Å². The number of thiophene rings is 2. The molecule has 0 radical (unpaired) electrons. The first-order chi connectivity index (χ1) is 27.7. The van der Waals surface area contributed by atoms with Crippen LogP contribution < -0.4 is 4.90 Å². The van der Waals surface area contributed by atoms with Gasteiger partial charge in [-0.2, -0.15) is 0 Å². The lowest BCUT2D eigenvalue weighted by atomic mass is 10.0. The van der Waals surface area contributed by atoms with Gasteiger partial charge in [-0.1, -0.05) is 115 Å². The average molecular weight is 750 g/mol. The molecule has 5 heteroatoms. The van der Waals surface area contributed by atoms with Crippen molar-refractivity contribution in [2.75, 3.05) is 4.90 Å². The Morgan fingerprint density at radius 2 is 0.929 bits per heavy atom. The number of fused-ring (bicyclic) bond motifs is 11. The summed E-state index contributed by atoms with van der Waals surface area (Å²) in [7, 11) is 0. The summed E-state index contributed by atoms with van der Waals surface area (Å²) in [6.45, 7) is 0. The van der Waals surface area contributed by atoms with Crippen molar-refractivity contribution in [3.05, 3.63) is 188 Å². The second-order valence-corrected chi connectivity index (χ2v) is 16.5. The zero-order valence-electron chi connectivity index (χ0n) is 30.1. The Balaban J connectivity index is 1.04. The fourth-order valence-corrected chi connectivity index (χ4v) is 11.1. The van der Waals surface area contributed by atoms with Gasteiger partial charge >= 0.3 is 0 Å². The Labute approximate surface area is 330 Å². The van der Waals surface area contributed by atoms with Gasteiger partial charge < -0.3 is 4.90 Å². The number of benzene rings is 9. The highest BCUT2D eigenvalue weighted by molar-refractivity contribution is 7.27. The Hall–Kier alpha value is -6.79. The van der Waals surface area contributed by atoms with Crippen molar-refractivity contribution in [2.24, 2.45) is 0 Å². The molecule has 3 heterocycles. The van der Waals surface area contributed by atoms with Crippen LogP contribution in [0.1, 0.15) is 0 Å². The molecule has 12 rings (SSSR count). The number of hydrogen-bond donors (Lipinski definition) is 0. The van der Waals surface area contributed by atoms with Crippen molar-refractivity contribution in [1.29, 1.82) is 0 Å². The summed E-state index contributed by atoms with van der Waals surface area (Å²) in [4.78, 5) is 7.57. The van der Waals surface area contributed by atoms with Crippen LogP contribution in [0, 0.1) is 0 Å². The van der Waals surface area contributed by atoms with Crippen molar-refractivity contribution >= 4 is 113 Å². The summed E-state index contributed by atoms with van der Waals surface area (Å²) < 4.78 is 7.50. The summed E-state index contributed by atoms with van der Waals surface area (Å²) >= 11 is 3.77. The Kier molecular flexibility index (Phi) is 6.97. The predicted molar refractivity (Wildman–Crippen MR) is 242 cm³/mol. The minimum Gasteiger partial charge on any atom is -0.310 e. The second-order valence-electron chi connectivity index (χ2n) is 14.4. The zero-order chi connectivity index (χ0) is 36.7. The van der Waals surface area contributed by atoms with E-state index in [-0.39, 0.29) is 0 Å². The molecule has 0 atom stereocenters. The molecular weight excluding hydrogens is 719 g/mol. The zero-order valence-corrected chi connectivity index (χ0v) is 31.7. The van der Waals surface area contributed by atoms with E-state index >= 15 is 0 Å². The van der Waals surface area contributed by atoms with Gasteiger partial charge in [-0.05, 0) is 94.3 Å². The highest BCUT2D eigenvalue weighted by atomic mass is 32.1. The minimum absolute atomic E-state index is 0.924. The van der Waals surface area contributed by atoms with Crippen LogP contribution in [0.15, 0.2) is 188 Å². The lowest BCUT2D eigenvalue weighted by Crippen LogP contribution is -2.09. The van der Waals surface area contributed by atoms with E-state index in [9.17, 15) is 0 Å². The van der Waals surface area contributed by atoms with Crippen LogP contribution in [0.25, 0.3) is 90.0 Å². The maximum absolute atomic E-state index is 5.16. The quantitative estimate of drug-likeness (QED) is 0.175. The molecule has 0 amide bonds. The number of para-hydroxylation sites is 3. The first kappa shape index (κ1) is 31.5. The van der Waals surface area contributed by atoms with Gasteiger partial charge in [0.25, 0.3) is 0 Å². The van der Waals surface area contributed by atoms with Gasteiger partial charge in [-0.25, -0.2) is 4.98 Å². The molecule has 0 saturated heterocycles. The molecule has 12 aromatic rings. The van der Waals surface area contributed by atoms with E-state index in [0.29, 0.717) is 0 Å². The molecule has 0 aliphatic carbocycles. The maximum atomic E-state index is 5.16. The Morgan fingerprint density at radius 3 is 1.55 bits per heavy atom. The number of aromatic nitrogens is 2. The summed E-state index contributed by atoms with van der Waals surface area (Å²) in [5.74, 6) is 0.924. The third-order valence-electron chi connectivity index (χ3n) is 11.2. The number of hydrogen-bond acceptors (Lipinski definition) is 4. The smallest absolute Gasteiger partial charge is 0.145 e. The third-order valence-corrected chi connectivity index (χ3v) is 13.6. The van der Waals surface area contributed by atoms with Crippen molar-refractivity contribution in [3.63, 3.8) is 0 Å². The molecule has 9 aromatic carbocycles. The summed E-state index contributed by atoms with van der Waals surface area (Å²) in [5, 5.41) is 10.4. The topological polar surface area (TPSA) is 21.1 Å². The number of nitrogens with zero attached hydrogens (tertiary/aromatic N) is 3. The van der Waals surface area contributed by atoms with E-state index in [1.807, 2.05) is 22.7 Å². The van der Waals surface area contributed by atoms with E-state index in [1.165, 1.54) is 61.9 Å². The molecule has 0 fully saturated rings. The highest BCUT2D eigenvalue weighted by Crippen LogP contribution is 2.45. The van der Waals surface area contributed by atoms with Crippen LogP contribution in [-0.4, -0.2) is 9.55 Å². The molecule has 0 bridgehead atoms. The molecular formula is C51H31N3S2. The molecule has 3 nitrogen and oxygen atoms in total. The maximum Gasteiger partial charge on any atom is 0.145 e. The van der Waals surface area contributed by atoms with Crippen LogP contribution in [-0.2, 0) is 0 Å². The van der Waals surface area contributed by atoms with Crippen LogP contribution >= 0.6 is 22.7 Å². The van der Waals surface area contributed by atoms with Crippen LogP contribution in [0.4, 0.5) is 17.1 Å².